The summed E-state index contributed by atoms with van der Waals surface area (Å²) >= 11 is 0. The third-order valence-corrected chi connectivity index (χ3v) is 6.30. The zero-order chi connectivity index (χ0) is 22.7. The second-order valence-electron chi connectivity index (χ2n) is 8.29. The Morgan fingerprint density at radius 1 is 0.750 bits per heavy atom. The summed E-state index contributed by atoms with van der Waals surface area (Å²) in [4.78, 5) is 31.4. The molecule has 2 heterocycles. The second-order valence-corrected chi connectivity index (χ2v) is 8.29. The molecule has 170 valence electrons. The van der Waals surface area contributed by atoms with E-state index < -0.39 is 11.7 Å². The summed E-state index contributed by atoms with van der Waals surface area (Å²) in [6.45, 7) is 3.80. The van der Waals surface area contributed by atoms with E-state index in [0.717, 1.165) is 30.9 Å². The molecule has 4 rings (SSSR count). The number of carbonyl (C=O) groups excluding carboxylic acids is 2. The highest BCUT2D eigenvalue weighted by Gasteiger charge is 2.33. The van der Waals surface area contributed by atoms with Gasteiger partial charge in [0.05, 0.1) is 5.56 Å². The van der Waals surface area contributed by atoms with E-state index in [1.807, 2.05) is 23.1 Å². The van der Waals surface area contributed by atoms with Crippen molar-refractivity contribution < 1.29 is 22.8 Å². The van der Waals surface area contributed by atoms with Gasteiger partial charge in [0.2, 0.25) is 5.91 Å². The first-order valence-corrected chi connectivity index (χ1v) is 10.9. The molecule has 2 aromatic carbocycles. The van der Waals surface area contributed by atoms with Gasteiger partial charge >= 0.3 is 6.18 Å². The van der Waals surface area contributed by atoms with Crippen LogP contribution in [0.25, 0.3) is 0 Å². The number of para-hydroxylation sites is 1. The van der Waals surface area contributed by atoms with Gasteiger partial charge in [-0.1, -0.05) is 18.2 Å². The highest BCUT2D eigenvalue weighted by Crippen LogP contribution is 2.29. The highest BCUT2D eigenvalue weighted by atomic mass is 19.4. The maximum atomic E-state index is 13.0. The molecule has 0 unspecified atom stereocenters. The Balaban J connectivity index is 1.27. The normalized spacial score (nSPS) is 18.0. The fraction of sp³-hybridized carbons (Fsp3) is 0.417. The largest absolute Gasteiger partial charge is 0.416 e. The fourth-order valence-corrected chi connectivity index (χ4v) is 4.40. The molecule has 2 aliphatic rings. The molecule has 0 aromatic heterocycles. The predicted octanol–water partition coefficient (Wildman–Crippen LogP) is 3.91. The van der Waals surface area contributed by atoms with Gasteiger partial charge in [-0.15, -0.1) is 0 Å². The van der Waals surface area contributed by atoms with Crippen LogP contribution in [0.5, 0.6) is 0 Å². The summed E-state index contributed by atoms with van der Waals surface area (Å²) in [5.74, 6) is -0.268. The van der Waals surface area contributed by atoms with E-state index in [-0.39, 0.29) is 23.3 Å². The molecular formula is C24H26F3N3O2. The number of amides is 2. The predicted molar refractivity (Wildman–Crippen MR) is 115 cm³/mol. The van der Waals surface area contributed by atoms with E-state index in [9.17, 15) is 22.8 Å². The molecule has 2 amide bonds. The van der Waals surface area contributed by atoms with Gasteiger partial charge in [0.1, 0.15) is 0 Å². The molecule has 2 saturated heterocycles. The van der Waals surface area contributed by atoms with E-state index in [1.165, 1.54) is 12.1 Å². The summed E-state index contributed by atoms with van der Waals surface area (Å²) in [5.41, 5.74) is 0.625. The lowest BCUT2D eigenvalue weighted by atomic mass is 9.94. The van der Waals surface area contributed by atoms with Crippen molar-refractivity contribution in [3.05, 3.63) is 65.7 Å². The van der Waals surface area contributed by atoms with Crippen LogP contribution >= 0.6 is 0 Å². The van der Waals surface area contributed by atoms with Crippen LogP contribution in [0.4, 0.5) is 18.9 Å². The van der Waals surface area contributed by atoms with E-state index in [0.29, 0.717) is 39.0 Å². The maximum absolute atomic E-state index is 13.0. The van der Waals surface area contributed by atoms with Gasteiger partial charge in [0, 0.05) is 56.4 Å². The first-order chi connectivity index (χ1) is 15.3. The van der Waals surface area contributed by atoms with Crippen LogP contribution in [-0.4, -0.2) is 60.9 Å². The van der Waals surface area contributed by atoms with Gasteiger partial charge in [0.15, 0.2) is 0 Å². The fourth-order valence-electron chi connectivity index (χ4n) is 4.40. The summed E-state index contributed by atoms with van der Waals surface area (Å²) in [6, 6.07) is 14.4. The van der Waals surface area contributed by atoms with Crippen LogP contribution in [0, 0.1) is 5.92 Å². The Labute approximate surface area is 185 Å². The minimum absolute atomic E-state index is 0.116. The highest BCUT2D eigenvalue weighted by molar-refractivity contribution is 5.94. The van der Waals surface area contributed by atoms with Crippen LogP contribution in [0.1, 0.15) is 28.8 Å². The molecule has 0 aliphatic carbocycles. The molecule has 2 fully saturated rings. The van der Waals surface area contributed by atoms with Crippen molar-refractivity contribution in [3.8, 4) is 0 Å². The minimum atomic E-state index is -4.42. The number of anilines is 1. The summed E-state index contributed by atoms with van der Waals surface area (Å²) in [7, 11) is 0. The van der Waals surface area contributed by atoms with Crippen molar-refractivity contribution in [2.45, 2.75) is 19.0 Å². The minimum Gasteiger partial charge on any atom is -0.368 e. The Kier molecular flexibility index (Phi) is 6.39. The number of halogens is 3. The van der Waals surface area contributed by atoms with Crippen molar-refractivity contribution in [2.24, 2.45) is 5.92 Å². The zero-order valence-corrected chi connectivity index (χ0v) is 17.7. The molecule has 0 atom stereocenters. The SMILES string of the molecule is O=C(c1ccc(C(F)(F)F)cc1)N1CCC(C(=O)N2CCN(c3ccccc3)CC2)CC1. The lowest BCUT2D eigenvalue weighted by Gasteiger charge is -2.39. The summed E-state index contributed by atoms with van der Waals surface area (Å²) < 4.78 is 38.2. The van der Waals surface area contributed by atoms with Gasteiger partial charge in [-0.05, 0) is 49.2 Å². The smallest absolute Gasteiger partial charge is 0.368 e. The van der Waals surface area contributed by atoms with Crippen LogP contribution in [0.3, 0.4) is 0 Å². The zero-order valence-electron chi connectivity index (χ0n) is 17.7. The van der Waals surface area contributed by atoms with Crippen LogP contribution in [-0.2, 0) is 11.0 Å². The van der Waals surface area contributed by atoms with E-state index >= 15 is 0 Å². The lowest BCUT2D eigenvalue weighted by Crippen LogP contribution is -2.52. The molecule has 2 aromatic rings. The number of nitrogens with zero attached hydrogens (tertiary/aromatic N) is 3. The maximum Gasteiger partial charge on any atom is 0.416 e. The number of carbonyl (C=O) groups is 2. The molecule has 32 heavy (non-hydrogen) atoms. The molecule has 8 heteroatoms. The molecule has 0 N–H and O–H groups in total. The van der Waals surface area contributed by atoms with E-state index in [4.69, 9.17) is 0 Å². The molecule has 2 aliphatic heterocycles. The van der Waals surface area contributed by atoms with Gasteiger partial charge in [-0.25, -0.2) is 0 Å². The van der Waals surface area contributed by atoms with Gasteiger partial charge < -0.3 is 14.7 Å². The summed E-state index contributed by atoms with van der Waals surface area (Å²) in [5, 5.41) is 0. The van der Waals surface area contributed by atoms with Crippen molar-refractivity contribution in [2.75, 3.05) is 44.2 Å². The molecular weight excluding hydrogens is 419 g/mol. The number of alkyl halides is 3. The molecule has 0 radical (unpaired) electrons. The number of hydrogen-bond acceptors (Lipinski definition) is 3. The second kappa shape index (κ2) is 9.22. The molecule has 0 spiro atoms. The van der Waals surface area contributed by atoms with E-state index in [1.54, 1.807) is 4.90 Å². The van der Waals surface area contributed by atoms with E-state index in [2.05, 4.69) is 17.0 Å². The van der Waals surface area contributed by atoms with Crippen LogP contribution in [0.15, 0.2) is 54.6 Å². The van der Waals surface area contributed by atoms with Crippen molar-refractivity contribution in [1.82, 2.24) is 9.80 Å². The third kappa shape index (κ3) is 4.89. The Morgan fingerprint density at radius 2 is 1.34 bits per heavy atom. The number of rotatable bonds is 3. The monoisotopic (exact) mass is 445 g/mol. The van der Waals surface area contributed by atoms with Crippen molar-refractivity contribution >= 4 is 17.5 Å². The average Bonchev–Trinajstić information content (AvgIpc) is 2.83. The number of benzene rings is 2. The molecule has 0 saturated carbocycles. The van der Waals surface area contributed by atoms with Crippen LogP contribution < -0.4 is 4.90 Å². The number of piperazine rings is 1. The summed E-state index contributed by atoms with van der Waals surface area (Å²) in [6.07, 6.45) is -3.28. The average molecular weight is 445 g/mol. The number of hydrogen-bond donors (Lipinski definition) is 0. The van der Waals surface area contributed by atoms with Gasteiger partial charge in [-0.2, -0.15) is 13.2 Å². The molecule has 0 bridgehead atoms. The number of piperidine rings is 1. The van der Waals surface area contributed by atoms with Crippen LogP contribution in [0.2, 0.25) is 0 Å². The quantitative estimate of drug-likeness (QED) is 0.720. The first-order valence-electron chi connectivity index (χ1n) is 10.9. The number of likely N-dealkylation sites (tertiary alicyclic amines) is 1. The Bertz CT molecular complexity index is 931. The first kappa shape index (κ1) is 22.2. The standard InChI is InChI=1S/C24H26F3N3O2/c25-24(26,27)20-8-6-18(7-9-20)22(31)29-12-10-19(11-13-29)23(32)30-16-14-28(15-17-30)21-4-2-1-3-5-21/h1-9,19H,10-17H2. The van der Waals surface area contributed by atoms with Gasteiger partial charge in [-0.3, -0.25) is 9.59 Å². The van der Waals surface area contributed by atoms with Crippen molar-refractivity contribution in [1.29, 1.82) is 0 Å². The lowest BCUT2D eigenvalue weighted by molar-refractivity contribution is -0.138. The third-order valence-electron chi connectivity index (χ3n) is 6.30. The van der Waals surface area contributed by atoms with Gasteiger partial charge in [0.25, 0.3) is 5.91 Å². The topological polar surface area (TPSA) is 43.9 Å². The van der Waals surface area contributed by atoms with Crippen molar-refractivity contribution in [3.63, 3.8) is 0 Å². The Morgan fingerprint density at radius 3 is 1.91 bits per heavy atom. The Hall–Kier alpha value is -3.03. The molecule has 5 nitrogen and oxygen atoms in total.